The summed E-state index contributed by atoms with van der Waals surface area (Å²) in [5.41, 5.74) is 11.0. The number of benzene rings is 3. The average molecular weight is 602 g/mol. The highest BCUT2D eigenvalue weighted by Crippen LogP contribution is 2.51. The molecule has 0 bridgehead atoms. The van der Waals surface area contributed by atoms with Gasteiger partial charge < -0.3 is 5.32 Å². The molecular formula is C42H55N3. The summed E-state index contributed by atoms with van der Waals surface area (Å²) in [6.45, 7) is 16.6. The molecule has 0 radical (unpaired) electrons. The molecule has 0 saturated heterocycles. The molecule has 1 aliphatic rings. The maximum Gasteiger partial charge on any atom is 0.0618 e. The van der Waals surface area contributed by atoms with E-state index in [1.165, 1.54) is 51.3 Å². The van der Waals surface area contributed by atoms with Crippen LogP contribution in [0.15, 0.2) is 85.2 Å². The van der Waals surface area contributed by atoms with Crippen molar-refractivity contribution in [3.8, 4) is 11.1 Å². The van der Waals surface area contributed by atoms with Crippen LogP contribution in [0.2, 0.25) is 0 Å². The number of aryl methyl sites for hydroxylation is 2. The first-order valence-corrected chi connectivity index (χ1v) is 17.6. The number of hydrogen-bond donors (Lipinski definition) is 1. The topological polar surface area (TPSA) is 37.8 Å². The van der Waals surface area contributed by atoms with E-state index in [1.807, 2.05) is 12.4 Å². The van der Waals surface area contributed by atoms with Gasteiger partial charge in [0.25, 0.3) is 0 Å². The molecule has 1 aliphatic heterocycles. The zero-order valence-electron chi connectivity index (χ0n) is 28.9. The van der Waals surface area contributed by atoms with Crippen molar-refractivity contribution >= 4 is 5.69 Å². The molecular weight excluding hydrogens is 546 g/mol. The first kappa shape index (κ1) is 32.9. The van der Waals surface area contributed by atoms with Gasteiger partial charge in [-0.25, -0.2) is 0 Å². The Kier molecular flexibility index (Phi) is 10.5. The third kappa shape index (κ3) is 7.03. The Morgan fingerprint density at radius 3 is 2.16 bits per heavy atom. The molecule has 5 rings (SSSR count). The van der Waals surface area contributed by atoms with E-state index in [1.54, 1.807) is 0 Å². The van der Waals surface area contributed by atoms with Gasteiger partial charge in [0.1, 0.15) is 0 Å². The molecule has 3 heteroatoms. The fourth-order valence-electron chi connectivity index (χ4n) is 7.95. The van der Waals surface area contributed by atoms with Gasteiger partial charge in [0.05, 0.1) is 11.4 Å². The fourth-order valence-corrected chi connectivity index (χ4v) is 7.95. The van der Waals surface area contributed by atoms with Crippen molar-refractivity contribution in [2.24, 2.45) is 5.92 Å². The lowest BCUT2D eigenvalue weighted by molar-refractivity contribution is 0.213. The Hall–Kier alpha value is -3.46. The Morgan fingerprint density at radius 2 is 1.49 bits per heavy atom. The van der Waals surface area contributed by atoms with E-state index in [2.05, 4.69) is 127 Å². The molecule has 3 aromatic carbocycles. The maximum absolute atomic E-state index is 4.87. The number of nitrogens with zero attached hydrogens (tertiary/aromatic N) is 2. The summed E-state index contributed by atoms with van der Waals surface area (Å²) in [5, 5.41) is 4.12. The highest BCUT2D eigenvalue weighted by atomic mass is 15.0. The summed E-state index contributed by atoms with van der Waals surface area (Å²) in [5.74, 6) is 0.877. The third-order valence-electron chi connectivity index (χ3n) is 10.9. The SMILES string of the molecule is CCCCc1nccnc1CCC(CC1Nc2ccc(C(C)(C)C)cc2C(CC)(CC)C1C)c1ccccc1-c1ccccc1. The minimum atomic E-state index is 0.130. The molecule has 238 valence electrons. The molecule has 0 aliphatic carbocycles. The van der Waals surface area contributed by atoms with E-state index in [4.69, 9.17) is 9.97 Å². The second kappa shape index (κ2) is 14.3. The van der Waals surface area contributed by atoms with Crippen molar-refractivity contribution in [1.29, 1.82) is 0 Å². The predicted octanol–water partition coefficient (Wildman–Crippen LogP) is 11.1. The molecule has 3 nitrogen and oxygen atoms in total. The van der Waals surface area contributed by atoms with Gasteiger partial charge in [-0.05, 0) is 96.1 Å². The largest absolute Gasteiger partial charge is 0.382 e. The number of nitrogens with one attached hydrogen (secondary N) is 1. The second-order valence-electron chi connectivity index (χ2n) is 14.4. The summed E-state index contributed by atoms with van der Waals surface area (Å²) in [6.07, 6.45) is 12.4. The van der Waals surface area contributed by atoms with Crippen molar-refractivity contribution in [1.82, 2.24) is 9.97 Å². The summed E-state index contributed by atoms with van der Waals surface area (Å²) >= 11 is 0. The number of aromatic nitrogens is 2. The number of hydrogen-bond acceptors (Lipinski definition) is 3. The highest BCUT2D eigenvalue weighted by Gasteiger charge is 2.45. The molecule has 0 spiro atoms. The van der Waals surface area contributed by atoms with Gasteiger partial charge in [-0.2, -0.15) is 0 Å². The first-order chi connectivity index (χ1) is 21.7. The lowest BCUT2D eigenvalue weighted by atomic mass is 9.60. The summed E-state index contributed by atoms with van der Waals surface area (Å²) in [7, 11) is 0. The minimum Gasteiger partial charge on any atom is -0.382 e. The molecule has 0 saturated carbocycles. The smallest absolute Gasteiger partial charge is 0.0618 e. The van der Waals surface area contributed by atoms with Crippen molar-refractivity contribution in [3.63, 3.8) is 0 Å². The van der Waals surface area contributed by atoms with Crippen LogP contribution < -0.4 is 5.32 Å². The van der Waals surface area contributed by atoms with Crippen LogP contribution in [-0.2, 0) is 23.7 Å². The summed E-state index contributed by atoms with van der Waals surface area (Å²) in [6, 6.07) is 27.7. The number of unbranched alkanes of at least 4 members (excludes halogenated alkanes) is 1. The van der Waals surface area contributed by atoms with Crippen LogP contribution in [0.4, 0.5) is 5.69 Å². The normalized spacial score (nSPS) is 18.2. The molecule has 0 amide bonds. The third-order valence-corrected chi connectivity index (χ3v) is 10.9. The molecule has 4 aromatic rings. The van der Waals surface area contributed by atoms with E-state index in [0.29, 0.717) is 17.9 Å². The van der Waals surface area contributed by atoms with E-state index in [9.17, 15) is 0 Å². The fraction of sp³-hybridized carbons (Fsp3) is 0.476. The quantitative estimate of drug-likeness (QED) is 0.175. The lowest BCUT2D eigenvalue weighted by Crippen LogP contribution is -2.48. The molecule has 1 N–H and O–H groups in total. The van der Waals surface area contributed by atoms with E-state index >= 15 is 0 Å². The molecule has 3 unspecified atom stereocenters. The van der Waals surface area contributed by atoms with Gasteiger partial charge in [-0.1, -0.05) is 122 Å². The molecule has 3 atom stereocenters. The van der Waals surface area contributed by atoms with Gasteiger partial charge in [0.2, 0.25) is 0 Å². The van der Waals surface area contributed by atoms with Crippen LogP contribution in [0.1, 0.15) is 121 Å². The predicted molar refractivity (Wildman–Crippen MR) is 192 cm³/mol. The van der Waals surface area contributed by atoms with Crippen LogP contribution in [-0.4, -0.2) is 16.0 Å². The highest BCUT2D eigenvalue weighted by molar-refractivity contribution is 5.68. The van der Waals surface area contributed by atoms with Crippen molar-refractivity contribution in [3.05, 3.63) is 113 Å². The first-order valence-electron chi connectivity index (χ1n) is 17.6. The Balaban J connectivity index is 1.54. The zero-order chi connectivity index (χ0) is 32.0. The van der Waals surface area contributed by atoms with Gasteiger partial charge in [-0.3, -0.25) is 9.97 Å². The second-order valence-corrected chi connectivity index (χ2v) is 14.4. The lowest BCUT2D eigenvalue weighted by Gasteiger charge is -2.49. The number of rotatable bonds is 12. The van der Waals surface area contributed by atoms with Gasteiger partial charge >= 0.3 is 0 Å². The number of anilines is 1. The van der Waals surface area contributed by atoms with Gasteiger partial charge in [0.15, 0.2) is 0 Å². The van der Waals surface area contributed by atoms with Crippen LogP contribution in [0, 0.1) is 5.92 Å². The van der Waals surface area contributed by atoms with Crippen LogP contribution in [0.25, 0.3) is 11.1 Å². The summed E-state index contributed by atoms with van der Waals surface area (Å²) < 4.78 is 0. The van der Waals surface area contributed by atoms with Crippen molar-refractivity contribution in [2.75, 3.05) is 5.32 Å². The standard InChI is InChI=1S/C42H55N3/c1-8-11-21-38-39(44-27-26-43-38)24-22-32(35-20-16-15-19-34(35)31-17-13-12-14-18-31)28-40-30(4)42(9-2,10-3)36-29-33(41(5,6)7)23-25-37(36)45-40/h12-20,23,25-27,29-30,32,40,45H,8-11,21-22,24,28H2,1-7H3. The molecule has 0 fully saturated rings. The van der Waals surface area contributed by atoms with Gasteiger partial charge in [-0.15, -0.1) is 0 Å². The Bertz CT molecular complexity index is 1530. The monoisotopic (exact) mass is 601 g/mol. The number of fused-ring (bicyclic) bond motifs is 1. The zero-order valence-corrected chi connectivity index (χ0v) is 28.9. The van der Waals surface area contributed by atoms with Crippen molar-refractivity contribution in [2.45, 2.75) is 123 Å². The average Bonchev–Trinajstić information content (AvgIpc) is 3.06. The molecule has 1 aromatic heterocycles. The van der Waals surface area contributed by atoms with Crippen molar-refractivity contribution < 1.29 is 0 Å². The Morgan fingerprint density at radius 1 is 0.822 bits per heavy atom. The van der Waals surface area contributed by atoms with Crippen LogP contribution in [0.3, 0.4) is 0 Å². The molecule has 2 heterocycles. The van der Waals surface area contributed by atoms with E-state index < -0.39 is 0 Å². The van der Waals surface area contributed by atoms with E-state index in [0.717, 1.165) is 44.9 Å². The molecule has 45 heavy (non-hydrogen) atoms. The Labute approximate surface area is 273 Å². The van der Waals surface area contributed by atoms with Gasteiger partial charge in [0, 0.05) is 29.5 Å². The van der Waals surface area contributed by atoms with Crippen LogP contribution >= 0.6 is 0 Å². The van der Waals surface area contributed by atoms with E-state index in [-0.39, 0.29) is 10.8 Å². The summed E-state index contributed by atoms with van der Waals surface area (Å²) in [4.78, 5) is 9.64. The minimum absolute atomic E-state index is 0.130. The maximum atomic E-state index is 4.87. The van der Waals surface area contributed by atoms with Crippen LogP contribution in [0.5, 0.6) is 0 Å².